The third-order valence-corrected chi connectivity index (χ3v) is 4.41. The van der Waals surface area contributed by atoms with Crippen LogP contribution in [0.1, 0.15) is 24.5 Å². The molecule has 24 heavy (non-hydrogen) atoms. The highest BCUT2D eigenvalue weighted by Gasteiger charge is 2.12. The minimum atomic E-state index is -0.631. The SMILES string of the molecule is O=C(CC[C@@H](O)c1ccccc1)Nc1nc(-c2ccccc2)cs1. The molecule has 0 saturated carbocycles. The number of nitrogens with one attached hydrogen (secondary N) is 1. The first-order valence-electron chi connectivity index (χ1n) is 7.76. The van der Waals surface area contributed by atoms with Crippen LogP contribution in [0, 0.1) is 0 Å². The fourth-order valence-corrected chi connectivity index (χ4v) is 3.10. The van der Waals surface area contributed by atoms with E-state index in [1.165, 1.54) is 11.3 Å². The lowest BCUT2D eigenvalue weighted by Crippen LogP contribution is -2.12. The van der Waals surface area contributed by atoms with Crippen molar-refractivity contribution < 1.29 is 9.90 Å². The van der Waals surface area contributed by atoms with Crippen LogP contribution in [0.3, 0.4) is 0 Å². The summed E-state index contributed by atoms with van der Waals surface area (Å²) in [6.45, 7) is 0. The number of carbonyl (C=O) groups is 1. The summed E-state index contributed by atoms with van der Waals surface area (Å²) in [6, 6.07) is 19.2. The molecule has 3 rings (SSSR count). The molecule has 0 aliphatic rings. The van der Waals surface area contributed by atoms with Crippen LogP contribution in [0.4, 0.5) is 5.13 Å². The van der Waals surface area contributed by atoms with Gasteiger partial charge in [0.15, 0.2) is 5.13 Å². The average Bonchev–Trinajstić information content (AvgIpc) is 3.09. The van der Waals surface area contributed by atoms with Crippen LogP contribution in [-0.4, -0.2) is 16.0 Å². The van der Waals surface area contributed by atoms with Crippen LogP contribution >= 0.6 is 11.3 Å². The molecule has 5 heteroatoms. The Hall–Kier alpha value is -2.50. The van der Waals surface area contributed by atoms with Gasteiger partial charge in [0.2, 0.25) is 5.91 Å². The molecule has 122 valence electrons. The van der Waals surface area contributed by atoms with Crippen LogP contribution < -0.4 is 5.32 Å². The number of hydrogen-bond donors (Lipinski definition) is 2. The molecule has 1 amide bonds. The van der Waals surface area contributed by atoms with E-state index in [1.807, 2.05) is 66.0 Å². The quantitative estimate of drug-likeness (QED) is 0.706. The number of rotatable bonds is 6. The average molecular weight is 338 g/mol. The van der Waals surface area contributed by atoms with Crippen LogP contribution in [-0.2, 0) is 4.79 Å². The van der Waals surface area contributed by atoms with E-state index in [4.69, 9.17) is 0 Å². The highest BCUT2D eigenvalue weighted by Crippen LogP contribution is 2.25. The molecule has 0 spiro atoms. The van der Waals surface area contributed by atoms with E-state index in [9.17, 15) is 9.90 Å². The number of amides is 1. The zero-order chi connectivity index (χ0) is 16.8. The highest BCUT2D eigenvalue weighted by atomic mass is 32.1. The van der Waals surface area contributed by atoms with Gasteiger partial charge in [0.25, 0.3) is 0 Å². The topological polar surface area (TPSA) is 62.2 Å². The number of benzene rings is 2. The van der Waals surface area contributed by atoms with Gasteiger partial charge in [-0.3, -0.25) is 4.79 Å². The van der Waals surface area contributed by atoms with Crippen molar-refractivity contribution in [3.05, 3.63) is 71.6 Å². The first-order valence-corrected chi connectivity index (χ1v) is 8.64. The Balaban J connectivity index is 1.53. The molecule has 0 radical (unpaired) electrons. The number of carbonyl (C=O) groups excluding carboxylic acids is 1. The maximum Gasteiger partial charge on any atom is 0.226 e. The van der Waals surface area contributed by atoms with Crippen molar-refractivity contribution in [2.24, 2.45) is 0 Å². The number of nitrogens with zero attached hydrogens (tertiary/aromatic N) is 1. The minimum absolute atomic E-state index is 0.140. The maximum absolute atomic E-state index is 12.0. The van der Waals surface area contributed by atoms with Crippen molar-refractivity contribution in [3.63, 3.8) is 0 Å². The molecule has 1 heterocycles. The van der Waals surface area contributed by atoms with E-state index in [2.05, 4.69) is 10.3 Å². The van der Waals surface area contributed by atoms with Gasteiger partial charge in [0, 0.05) is 17.4 Å². The lowest BCUT2D eigenvalue weighted by Gasteiger charge is -2.10. The Morgan fingerprint density at radius 1 is 1.08 bits per heavy atom. The Morgan fingerprint density at radius 3 is 2.46 bits per heavy atom. The third kappa shape index (κ3) is 4.28. The first kappa shape index (κ1) is 16.4. The summed E-state index contributed by atoms with van der Waals surface area (Å²) in [7, 11) is 0. The van der Waals surface area contributed by atoms with Gasteiger partial charge < -0.3 is 10.4 Å². The number of hydrogen-bond acceptors (Lipinski definition) is 4. The highest BCUT2D eigenvalue weighted by molar-refractivity contribution is 7.14. The fourth-order valence-electron chi connectivity index (χ4n) is 2.36. The zero-order valence-electron chi connectivity index (χ0n) is 13.1. The second-order valence-electron chi connectivity index (χ2n) is 5.42. The molecule has 3 aromatic rings. The Morgan fingerprint density at radius 2 is 1.75 bits per heavy atom. The second kappa shape index (κ2) is 7.86. The number of aliphatic hydroxyl groups excluding tert-OH is 1. The van der Waals surface area contributed by atoms with Crippen molar-refractivity contribution >= 4 is 22.4 Å². The Kier molecular flexibility index (Phi) is 5.36. The van der Waals surface area contributed by atoms with E-state index in [-0.39, 0.29) is 12.3 Å². The molecule has 4 nitrogen and oxygen atoms in total. The standard InChI is InChI=1S/C19H18N2O2S/c22-17(15-9-5-2-6-10-15)11-12-18(23)21-19-20-16(13-24-19)14-7-3-1-4-8-14/h1-10,13,17,22H,11-12H2,(H,20,21,23)/t17-/m1/s1. The molecule has 0 unspecified atom stereocenters. The van der Waals surface area contributed by atoms with Crippen molar-refractivity contribution in [1.82, 2.24) is 4.98 Å². The smallest absolute Gasteiger partial charge is 0.226 e. The first-order chi connectivity index (χ1) is 11.7. The van der Waals surface area contributed by atoms with Gasteiger partial charge >= 0.3 is 0 Å². The van der Waals surface area contributed by atoms with Crippen LogP contribution in [0.2, 0.25) is 0 Å². The molecule has 0 fully saturated rings. The van der Waals surface area contributed by atoms with Crippen LogP contribution in [0.5, 0.6) is 0 Å². The number of thiazole rings is 1. The van der Waals surface area contributed by atoms with E-state index in [0.29, 0.717) is 11.6 Å². The van der Waals surface area contributed by atoms with Gasteiger partial charge in [0.1, 0.15) is 0 Å². The minimum Gasteiger partial charge on any atom is -0.388 e. The van der Waals surface area contributed by atoms with E-state index < -0.39 is 6.10 Å². The molecular weight excluding hydrogens is 320 g/mol. The molecule has 0 saturated heterocycles. The molecule has 2 N–H and O–H groups in total. The summed E-state index contributed by atoms with van der Waals surface area (Å²) in [4.78, 5) is 16.5. The van der Waals surface area contributed by atoms with Crippen molar-refractivity contribution in [1.29, 1.82) is 0 Å². The maximum atomic E-state index is 12.0. The summed E-state index contributed by atoms with van der Waals surface area (Å²) < 4.78 is 0. The molecule has 1 atom stereocenters. The molecule has 0 aliphatic carbocycles. The van der Waals surface area contributed by atoms with Crippen molar-refractivity contribution in [3.8, 4) is 11.3 Å². The molecule has 0 bridgehead atoms. The summed E-state index contributed by atoms with van der Waals surface area (Å²) in [6.07, 6.45) is -0.00331. The summed E-state index contributed by atoms with van der Waals surface area (Å²) in [5.41, 5.74) is 2.69. The van der Waals surface area contributed by atoms with E-state index >= 15 is 0 Å². The van der Waals surface area contributed by atoms with Gasteiger partial charge in [-0.2, -0.15) is 0 Å². The third-order valence-electron chi connectivity index (χ3n) is 3.65. The Bertz CT molecular complexity index is 787. The monoisotopic (exact) mass is 338 g/mol. The summed E-state index contributed by atoms with van der Waals surface area (Å²) in [5, 5.41) is 15.4. The van der Waals surface area contributed by atoms with Gasteiger partial charge in [-0.15, -0.1) is 11.3 Å². The largest absolute Gasteiger partial charge is 0.388 e. The van der Waals surface area contributed by atoms with E-state index in [0.717, 1.165) is 16.8 Å². The van der Waals surface area contributed by atoms with Gasteiger partial charge in [-0.05, 0) is 12.0 Å². The van der Waals surface area contributed by atoms with Crippen molar-refractivity contribution in [2.45, 2.75) is 18.9 Å². The summed E-state index contributed by atoms with van der Waals surface area (Å²) >= 11 is 1.40. The molecule has 1 aromatic heterocycles. The van der Waals surface area contributed by atoms with Gasteiger partial charge in [0.05, 0.1) is 11.8 Å². The molecule has 2 aromatic carbocycles. The number of aromatic nitrogens is 1. The molecule has 0 aliphatic heterocycles. The zero-order valence-corrected chi connectivity index (χ0v) is 13.9. The second-order valence-corrected chi connectivity index (χ2v) is 6.28. The molecular formula is C19H18N2O2S. The fraction of sp³-hybridized carbons (Fsp3) is 0.158. The number of anilines is 1. The van der Waals surface area contributed by atoms with Crippen LogP contribution in [0.15, 0.2) is 66.0 Å². The normalized spacial score (nSPS) is 11.9. The lowest BCUT2D eigenvalue weighted by molar-refractivity contribution is -0.116. The predicted molar refractivity (Wildman–Crippen MR) is 96.8 cm³/mol. The van der Waals surface area contributed by atoms with E-state index in [1.54, 1.807) is 0 Å². The predicted octanol–water partition coefficient (Wildman–Crippen LogP) is 4.26. The van der Waals surface area contributed by atoms with Crippen LogP contribution in [0.25, 0.3) is 11.3 Å². The number of aliphatic hydroxyl groups is 1. The van der Waals surface area contributed by atoms with Crippen molar-refractivity contribution in [2.75, 3.05) is 5.32 Å². The van der Waals surface area contributed by atoms with Gasteiger partial charge in [-0.1, -0.05) is 60.7 Å². The summed E-state index contributed by atoms with van der Waals surface area (Å²) in [5.74, 6) is -0.140. The van der Waals surface area contributed by atoms with Gasteiger partial charge in [-0.25, -0.2) is 4.98 Å². The Labute approximate surface area is 144 Å². The lowest BCUT2D eigenvalue weighted by atomic mass is 10.1.